The molecule has 0 saturated carbocycles. The highest BCUT2D eigenvalue weighted by molar-refractivity contribution is 5.94. The fraction of sp³-hybridized carbons (Fsp3) is 0.120. The Hall–Kier alpha value is -4.46. The van der Waals surface area contributed by atoms with Gasteiger partial charge in [-0.05, 0) is 53.4 Å². The van der Waals surface area contributed by atoms with E-state index in [-0.39, 0.29) is 23.8 Å². The number of nitrogens with one attached hydrogen (secondary N) is 1. The van der Waals surface area contributed by atoms with Crippen LogP contribution in [0.5, 0.6) is 5.75 Å². The van der Waals surface area contributed by atoms with E-state index >= 15 is 0 Å². The minimum Gasteiger partial charge on any atom is -0.484 e. The van der Waals surface area contributed by atoms with Gasteiger partial charge in [-0.2, -0.15) is 0 Å². The van der Waals surface area contributed by atoms with Crippen molar-refractivity contribution in [2.45, 2.75) is 13.3 Å². The second-order valence-electron chi connectivity index (χ2n) is 7.29. The monoisotopic (exact) mass is 444 g/mol. The largest absolute Gasteiger partial charge is 0.484 e. The summed E-state index contributed by atoms with van der Waals surface area (Å²) in [6.45, 7) is 1.80. The van der Waals surface area contributed by atoms with Crippen molar-refractivity contribution in [3.63, 3.8) is 0 Å². The normalized spacial score (nSPS) is 10.7. The molecule has 0 atom stereocenters. The van der Waals surface area contributed by atoms with Crippen molar-refractivity contribution >= 4 is 28.3 Å². The number of benzene rings is 3. The van der Waals surface area contributed by atoms with Gasteiger partial charge in [-0.15, -0.1) is 0 Å². The number of hydrogen-bond donors (Lipinski definition) is 1. The molecule has 0 aliphatic rings. The Morgan fingerprint density at radius 2 is 1.82 bits per heavy atom. The number of nitrogens with zero attached hydrogens (tertiary/aromatic N) is 1. The fourth-order valence-electron chi connectivity index (χ4n) is 3.52. The van der Waals surface area contributed by atoms with E-state index in [0.29, 0.717) is 22.3 Å². The number of fused-ring (bicyclic) bond motifs is 1. The lowest BCUT2D eigenvalue weighted by atomic mass is 10.0. The first-order valence-electron chi connectivity index (χ1n) is 10.3. The lowest BCUT2D eigenvalue weighted by Crippen LogP contribution is -2.20. The third kappa shape index (κ3) is 4.90. The molecular formula is C25H20N2O6. The van der Waals surface area contributed by atoms with Crippen LogP contribution in [-0.4, -0.2) is 17.4 Å². The minimum absolute atomic E-state index is 0.0402. The predicted octanol–water partition coefficient (Wildman–Crippen LogP) is 4.95. The Kier molecular flexibility index (Phi) is 6.17. The Morgan fingerprint density at radius 3 is 2.55 bits per heavy atom. The number of para-hydroxylation sites is 1. The molecule has 166 valence electrons. The van der Waals surface area contributed by atoms with Gasteiger partial charge in [0.25, 0.3) is 11.6 Å². The Balaban J connectivity index is 1.54. The number of ether oxygens (including phenoxy) is 1. The molecule has 3 aromatic carbocycles. The van der Waals surface area contributed by atoms with Crippen LogP contribution in [0.1, 0.15) is 12.5 Å². The maximum atomic E-state index is 12.3. The summed E-state index contributed by atoms with van der Waals surface area (Å²) >= 11 is 0. The van der Waals surface area contributed by atoms with E-state index in [1.54, 1.807) is 30.3 Å². The third-order valence-corrected chi connectivity index (χ3v) is 5.15. The molecule has 0 radical (unpaired) electrons. The Morgan fingerprint density at radius 1 is 1.06 bits per heavy atom. The van der Waals surface area contributed by atoms with Crippen LogP contribution >= 0.6 is 0 Å². The van der Waals surface area contributed by atoms with Crippen LogP contribution in [0.25, 0.3) is 22.1 Å². The average Bonchev–Trinajstić information content (AvgIpc) is 2.82. The summed E-state index contributed by atoms with van der Waals surface area (Å²) in [5.74, 6) is 0.0579. The number of carbonyl (C=O) groups is 1. The molecule has 0 aliphatic carbocycles. The lowest BCUT2D eigenvalue weighted by molar-refractivity contribution is -0.384. The zero-order valence-electron chi connectivity index (χ0n) is 17.7. The van der Waals surface area contributed by atoms with Crippen molar-refractivity contribution in [2.24, 2.45) is 0 Å². The van der Waals surface area contributed by atoms with E-state index in [0.717, 1.165) is 17.7 Å². The number of nitro groups is 1. The highest BCUT2D eigenvalue weighted by atomic mass is 16.6. The molecule has 0 spiro atoms. The van der Waals surface area contributed by atoms with Crippen molar-refractivity contribution in [2.75, 3.05) is 11.9 Å². The number of amides is 1. The molecule has 0 fully saturated rings. The van der Waals surface area contributed by atoms with Crippen LogP contribution in [0.15, 0.2) is 82.0 Å². The predicted molar refractivity (Wildman–Crippen MR) is 125 cm³/mol. The Bertz CT molecular complexity index is 1390. The van der Waals surface area contributed by atoms with Crippen LogP contribution in [0, 0.1) is 10.1 Å². The minimum atomic E-state index is -0.568. The van der Waals surface area contributed by atoms with Gasteiger partial charge in [-0.1, -0.05) is 25.1 Å². The molecule has 0 bridgehead atoms. The summed E-state index contributed by atoms with van der Waals surface area (Å²) < 4.78 is 10.9. The van der Waals surface area contributed by atoms with Crippen LogP contribution in [0.4, 0.5) is 11.4 Å². The standard InChI is InChI=1S/C25H20N2O6/c1-2-16-5-3-4-6-22(16)26-24(28)15-32-19-11-12-20-21(14-25(29)33-23(20)13-19)17-7-9-18(10-8-17)27(30)31/h3-14H,2,15H2,1H3,(H,26,28). The fourth-order valence-corrected chi connectivity index (χ4v) is 3.52. The van der Waals surface area contributed by atoms with Crippen LogP contribution in [0.3, 0.4) is 0 Å². The summed E-state index contributed by atoms with van der Waals surface area (Å²) in [5, 5.41) is 14.4. The van der Waals surface area contributed by atoms with Crippen molar-refractivity contribution in [1.82, 2.24) is 0 Å². The molecule has 0 unspecified atom stereocenters. The molecule has 4 aromatic rings. The van der Waals surface area contributed by atoms with Crippen LogP contribution < -0.4 is 15.7 Å². The van der Waals surface area contributed by atoms with Crippen molar-refractivity contribution in [1.29, 1.82) is 0 Å². The van der Waals surface area contributed by atoms with Crippen molar-refractivity contribution in [3.8, 4) is 16.9 Å². The van der Waals surface area contributed by atoms with Gasteiger partial charge < -0.3 is 14.5 Å². The third-order valence-electron chi connectivity index (χ3n) is 5.15. The van der Waals surface area contributed by atoms with Gasteiger partial charge >= 0.3 is 5.63 Å². The number of anilines is 1. The molecule has 33 heavy (non-hydrogen) atoms. The Labute approximate surface area is 188 Å². The summed E-state index contributed by atoms with van der Waals surface area (Å²) in [6.07, 6.45) is 0.790. The van der Waals surface area contributed by atoms with Gasteiger partial charge in [-0.3, -0.25) is 14.9 Å². The molecule has 1 heterocycles. The lowest BCUT2D eigenvalue weighted by Gasteiger charge is -2.11. The molecule has 8 nitrogen and oxygen atoms in total. The smallest absolute Gasteiger partial charge is 0.336 e. The average molecular weight is 444 g/mol. The summed E-state index contributed by atoms with van der Waals surface area (Å²) in [7, 11) is 0. The number of hydrogen-bond acceptors (Lipinski definition) is 6. The van der Waals surface area contributed by atoms with Crippen molar-refractivity contribution in [3.05, 3.63) is 98.9 Å². The number of rotatable bonds is 7. The first-order chi connectivity index (χ1) is 15.9. The molecule has 1 N–H and O–H groups in total. The van der Waals surface area contributed by atoms with Crippen LogP contribution in [-0.2, 0) is 11.2 Å². The zero-order chi connectivity index (χ0) is 23.4. The van der Waals surface area contributed by atoms with Crippen molar-refractivity contribution < 1.29 is 18.9 Å². The number of aryl methyl sites for hydroxylation is 1. The first kappa shape index (κ1) is 21.8. The molecule has 4 rings (SSSR count). The van der Waals surface area contributed by atoms with Gasteiger partial charge in [0.1, 0.15) is 11.3 Å². The van der Waals surface area contributed by atoms with Gasteiger partial charge in [0.15, 0.2) is 6.61 Å². The van der Waals surface area contributed by atoms with E-state index in [2.05, 4.69) is 5.32 Å². The van der Waals surface area contributed by atoms with E-state index < -0.39 is 10.5 Å². The highest BCUT2D eigenvalue weighted by Gasteiger charge is 2.12. The van der Waals surface area contributed by atoms with E-state index in [1.807, 2.05) is 31.2 Å². The second kappa shape index (κ2) is 9.35. The molecule has 0 aliphatic heterocycles. The first-order valence-corrected chi connectivity index (χ1v) is 10.3. The molecule has 1 amide bonds. The molecule has 1 aromatic heterocycles. The molecule has 0 saturated heterocycles. The summed E-state index contributed by atoms with van der Waals surface area (Å²) in [4.78, 5) is 34.9. The van der Waals surface area contributed by atoms with Gasteiger partial charge in [0, 0.05) is 35.3 Å². The molecular weight excluding hydrogens is 424 g/mol. The maximum Gasteiger partial charge on any atom is 0.336 e. The van der Waals surface area contributed by atoms with E-state index in [4.69, 9.17) is 9.15 Å². The quantitative estimate of drug-likeness (QED) is 0.245. The number of nitro benzene ring substituents is 1. The van der Waals surface area contributed by atoms with E-state index in [9.17, 15) is 19.7 Å². The van der Waals surface area contributed by atoms with Gasteiger partial charge in [0.2, 0.25) is 0 Å². The maximum absolute atomic E-state index is 12.3. The number of non-ortho nitro benzene ring substituents is 1. The van der Waals surface area contributed by atoms with Gasteiger partial charge in [0.05, 0.1) is 4.92 Å². The van der Waals surface area contributed by atoms with Crippen LogP contribution in [0.2, 0.25) is 0 Å². The SMILES string of the molecule is CCc1ccccc1NC(=O)COc1ccc2c(-c3ccc([N+](=O)[O-])cc3)cc(=O)oc2c1. The zero-order valence-corrected chi connectivity index (χ0v) is 17.7. The topological polar surface area (TPSA) is 112 Å². The van der Waals surface area contributed by atoms with E-state index in [1.165, 1.54) is 18.2 Å². The highest BCUT2D eigenvalue weighted by Crippen LogP contribution is 2.30. The molecule has 8 heteroatoms. The van der Waals surface area contributed by atoms with Gasteiger partial charge in [-0.25, -0.2) is 4.79 Å². The second-order valence-corrected chi connectivity index (χ2v) is 7.29. The summed E-state index contributed by atoms with van der Waals surface area (Å²) in [6, 6.07) is 19.7. The summed E-state index contributed by atoms with van der Waals surface area (Å²) in [5.41, 5.74) is 2.66. The number of carbonyl (C=O) groups excluding carboxylic acids is 1.